The van der Waals surface area contributed by atoms with Gasteiger partial charge in [-0.15, -0.1) is 0 Å². The average molecular weight is 300 g/mol. The molecule has 1 aromatic rings. The SMILES string of the molecule is CCNC(Cc1cccc(F)c1Br)C1(C)CC1. The third-order valence-electron chi connectivity index (χ3n) is 3.79. The molecule has 1 N–H and O–H groups in total. The molecule has 1 aliphatic rings. The Morgan fingerprint density at radius 2 is 2.18 bits per heavy atom. The molecule has 0 heterocycles. The van der Waals surface area contributed by atoms with Gasteiger partial charge in [0.05, 0.1) is 4.47 Å². The maximum absolute atomic E-state index is 13.5. The minimum Gasteiger partial charge on any atom is -0.313 e. The highest BCUT2D eigenvalue weighted by molar-refractivity contribution is 9.10. The molecular formula is C14H19BrFN. The topological polar surface area (TPSA) is 12.0 Å². The van der Waals surface area contributed by atoms with E-state index >= 15 is 0 Å². The Kier molecular flexibility index (Phi) is 3.88. The lowest BCUT2D eigenvalue weighted by Crippen LogP contribution is -2.38. The lowest BCUT2D eigenvalue weighted by Gasteiger charge is -2.25. The van der Waals surface area contributed by atoms with Crippen LogP contribution in [0, 0.1) is 11.2 Å². The van der Waals surface area contributed by atoms with Crippen molar-refractivity contribution in [2.24, 2.45) is 5.41 Å². The van der Waals surface area contributed by atoms with Gasteiger partial charge in [0.25, 0.3) is 0 Å². The van der Waals surface area contributed by atoms with Crippen molar-refractivity contribution in [3.05, 3.63) is 34.1 Å². The molecule has 3 heteroatoms. The van der Waals surface area contributed by atoms with E-state index in [2.05, 4.69) is 35.1 Å². The Bertz CT molecular complexity index is 401. The molecule has 0 aromatic heterocycles. The third kappa shape index (κ3) is 2.89. The van der Waals surface area contributed by atoms with Crippen LogP contribution in [0.15, 0.2) is 22.7 Å². The van der Waals surface area contributed by atoms with Crippen molar-refractivity contribution in [2.75, 3.05) is 6.54 Å². The first-order valence-corrected chi connectivity index (χ1v) is 7.02. The Hall–Kier alpha value is -0.410. The first-order chi connectivity index (χ1) is 8.07. The minimum atomic E-state index is -0.168. The molecule has 1 atom stereocenters. The van der Waals surface area contributed by atoms with E-state index in [1.54, 1.807) is 6.07 Å². The maximum atomic E-state index is 13.5. The Morgan fingerprint density at radius 1 is 1.47 bits per heavy atom. The van der Waals surface area contributed by atoms with Crippen molar-refractivity contribution in [1.29, 1.82) is 0 Å². The second-order valence-corrected chi connectivity index (χ2v) is 5.97. The van der Waals surface area contributed by atoms with Gasteiger partial charge in [-0.3, -0.25) is 0 Å². The van der Waals surface area contributed by atoms with Crippen molar-refractivity contribution in [1.82, 2.24) is 5.32 Å². The number of nitrogens with one attached hydrogen (secondary N) is 1. The van der Waals surface area contributed by atoms with Gasteiger partial charge in [0.15, 0.2) is 0 Å². The van der Waals surface area contributed by atoms with Crippen LogP contribution in [0.25, 0.3) is 0 Å². The van der Waals surface area contributed by atoms with E-state index in [1.807, 2.05) is 6.07 Å². The van der Waals surface area contributed by atoms with Crippen LogP contribution in [0.1, 0.15) is 32.3 Å². The molecule has 0 amide bonds. The van der Waals surface area contributed by atoms with Crippen LogP contribution >= 0.6 is 15.9 Å². The largest absolute Gasteiger partial charge is 0.313 e. The second kappa shape index (κ2) is 5.07. The fraction of sp³-hybridized carbons (Fsp3) is 0.571. The monoisotopic (exact) mass is 299 g/mol. The van der Waals surface area contributed by atoms with Gasteiger partial charge < -0.3 is 5.32 Å². The Balaban J connectivity index is 2.14. The van der Waals surface area contributed by atoms with Gasteiger partial charge in [-0.05, 0) is 58.8 Å². The molecule has 0 saturated heterocycles. The van der Waals surface area contributed by atoms with Crippen LogP contribution in [-0.2, 0) is 6.42 Å². The molecule has 1 aliphatic carbocycles. The normalized spacial score (nSPS) is 19.1. The van der Waals surface area contributed by atoms with Crippen molar-refractivity contribution < 1.29 is 4.39 Å². The van der Waals surface area contributed by atoms with E-state index in [9.17, 15) is 4.39 Å². The molecule has 0 radical (unpaired) electrons. The molecule has 94 valence electrons. The zero-order valence-electron chi connectivity index (χ0n) is 10.4. The summed E-state index contributed by atoms with van der Waals surface area (Å²) in [5.41, 5.74) is 1.46. The second-order valence-electron chi connectivity index (χ2n) is 5.18. The van der Waals surface area contributed by atoms with Gasteiger partial charge >= 0.3 is 0 Å². The average Bonchev–Trinajstić information content (AvgIpc) is 3.03. The molecule has 1 aromatic carbocycles. The molecule has 17 heavy (non-hydrogen) atoms. The van der Waals surface area contributed by atoms with Crippen molar-refractivity contribution in [3.63, 3.8) is 0 Å². The molecular weight excluding hydrogens is 281 g/mol. The lowest BCUT2D eigenvalue weighted by atomic mass is 9.92. The van der Waals surface area contributed by atoms with Gasteiger partial charge in [-0.25, -0.2) is 4.39 Å². The number of hydrogen-bond acceptors (Lipinski definition) is 1. The highest BCUT2D eigenvalue weighted by atomic mass is 79.9. The van der Waals surface area contributed by atoms with Gasteiger partial charge in [-0.2, -0.15) is 0 Å². The third-order valence-corrected chi connectivity index (χ3v) is 4.67. The molecule has 0 bridgehead atoms. The van der Waals surface area contributed by atoms with Crippen LogP contribution in [0.4, 0.5) is 4.39 Å². The number of benzene rings is 1. The van der Waals surface area contributed by atoms with E-state index in [-0.39, 0.29) is 5.82 Å². The summed E-state index contributed by atoms with van der Waals surface area (Å²) in [6.45, 7) is 5.40. The maximum Gasteiger partial charge on any atom is 0.137 e. The van der Waals surface area contributed by atoms with Gasteiger partial charge in [-0.1, -0.05) is 26.0 Å². The van der Waals surface area contributed by atoms with Crippen molar-refractivity contribution >= 4 is 15.9 Å². The van der Waals surface area contributed by atoms with E-state index in [0.29, 0.717) is 15.9 Å². The van der Waals surface area contributed by atoms with Gasteiger partial charge in [0.2, 0.25) is 0 Å². The molecule has 1 unspecified atom stereocenters. The van der Waals surface area contributed by atoms with Crippen molar-refractivity contribution in [3.8, 4) is 0 Å². The van der Waals surface area contributed by atoms with E-state index in [4.69, 9.17) is 0 Å². The summed E-state index contributed by atoms with van der Waals surface area (Å²) >= 11 is 3.34. The Morgan fingerprint density at radius 3 is 2.76 bits per heavy atom. The van der Waals surface area contributed by atoms with E-state index in [0.717, 1.165) is 18.5 Å². The van der Waals surface area contributed by atoms with E-state index in [1.165, 1.54) is 18.9 Å². The zero-order chi connectivity index (χ0) is 12.5. The number of likely N-dealkylation sites (N-methyl/N-ethyl adjacent to an activating group) is 1. The molecule has 1 nitrogen and oxygen atoms in total. The van der Waals surface area contributed by atoms with Gasteiger partial charge in [0, 0.05) is 6.04 Å². The fourth-order valence-electron chi connectivity index (χ4n) is 2.28. The molecule has 1 fully saturated rings. The summed E-state index contributed by atoms with van der Waals surface area (Å²) in [6.07, 6.45) is 3.44. The fourth-order valence-corrected chi connectivity index (χ4v) is 2.71. The summed E-state index contributed by atoms with van der Waals surface area (Å²) in [7, 11) is 0. The van der Waals surface area contributed by atoms with Gasteiger partial charge in [0.1, 0.15) is 5.82 Å². The minimum absolute atomic E-state index is 0.168. The lowest BCUT2D eigenvalue weighted by molar-refractivity contribution is 0.359. The molecule has 1 saturated carbocycles. The van der Waals surface area contributed by atoms with E-state index < -0.39 is 0 Å². The Labute approximate surface area is 111 Å². The highest BCUT2D eigenvalue weighted by Gasteiger charge is 2.44. The van der Waals surface area contributed by atoms with Crippen LogP contribution in [-0.4, -0.2) is 12.6 Å². The summed E-state index contributed by atoms with van der Waals surface area (Å²) < 4.78 is 14.1. The summed E-state index contributed by atoms with van der Waals surface area (Å²) in [5.74, 6) is -0.168. The number of hydrogen-bond donors (Lipinski definition) is 1. The zero-order valence-corrected chi connectivity index (χ0v) is 12.0. The first-order valence-electron chi connectivity index (χ1n) is 6.23. The highest BCUT2D eigenvalue weighted by Crippen LogP contribution is 2.49. The summed E-state index contributed by atoms with van der Waals surface area (Å²) in [6, 6.07) is 5.73. The predicted octanol–water partition coefficient (Wildman–Crippen LogP) is 3.91. The molecule has 2 rings (SSSR count). The molecule has 0 aliphatic heterocycles. The standard InChI is InChI=1S/C14H19BrFN/c1-3-17-12(14(2)7-8-14)9-10-5-4-6-11(16)13(10)15/h4-6,12,17H,3,7-9H2,1-2H3. The van der Waals surface area contributed by atoms with Crippen LogP contribution in [0.5, 0.6) is 0 Å². The van der Waals surface area contributed by atoms with Crippen LogP contribution in [0.2, 0.25) is 0 Å². The summed E-state index contributed by atoms with van der Waals surface area (Å²) in [4.78, 5) is 0. The number of halogens is 2. The first kappa shape index (κ1) is 13.0. The van der Waals surface area contributed by atoms with Crippen LogP contribution < -0.4 is 5.32 Å². The number of rotatable bonds is 5. The van der Waals surface area contributed by atoms with Crippen LogP contribution in [0.3, 0.4) is 0 Å². The quantitative estimate of drug-likeness (QED) is 0.869. The summed E-state index contributed by atoms with van der Waals surface area (Å²) in [5, 5.41) is 3.54. The predicted molar refractivity (Wildman–Crippen MR) is 72.6 cm³/mol. The smallest absolute Gasteiger partial charge is 0.137 e. The molecule has 0 spiro atoms. The van der Waals surface area contributed by atoms with Crippen molar-refractivity contribution in [2.45, 2.75) is 39.2 Å².